The van der Waals surface area contributed by atoms with Gasteiger partial charge in [-0.2, -0.15) is 0 Å². The average molecular weight is 276 g/mol. The van der Waals surface area contributed by atoms with E-state index in [0.29, 0.717) is 12.0 Å². The van der Waals surface area contributed by atoms with Gasteiger partial charge in [-0.1, -0.05) is 29.8 Å². The van der Waals surface area contributed by atoms with Crippen molar-refractivity contribution in [3.05, 3.63) is 53.1 Å². The third-order valence-corrected chi connectivity index (χ3v) is 4.24. The van der Waals surface area contributed by atoms with Crippen LogP contribution in [0.15, 0.2) is 36.7 Å². The molecule has 1 aliphatic rings. The van der Waals surface area contributed by atoms with Crippen molar-refractivity contribution in [3.8, 4) is 0 Å². The van der Waals surface area contributed by atoms with Crippen molar-refractivity contribution in [2.75, 3.05) is 0 Å². The van der Waals surface area contributed by atoms with E-state index in [0.717, 1.165) is 23.7 Å². The van der Waals surface area contributed by atoms with Crippen LogP contribution in [0.5, 0.6) is 0 Å². The van der Waals surface area contributed by atoms with Gasteiger partial charge in [-0.15, -0.1) is 0 Å². The summed E-state index contributed by atoms with van der Waals surface area (Å²) in [5.41, 5.74) is 1.29. The second-order valence-electron chi connectivity index (χ2n) is 5.25. The van der Waals surface area contributed by atoms with Gasteiger partial charge in [0.2, 0.25) is 0 Å². The highest BCUT2D eigenvalue weighted by atomic mass is 35.5. The van der Waals surface area contributed by atoms with Gasteiger partial charge < -0.3 is 10.3 Å². The van der Waals surface area contributed by atoms with Gasteiger partial charge in [0.1, 0.15) is 5.82 Å². The molecule has 2 aromatic rings. The van der Waals surface area contributed by atoms with E-state index in [9.17, 15) is 0 Å². The Kier molecular flexibility index (Phi) is 3.58. The molecule has 1 fully saturated rings. The normalized spacial score (nSPS) is 23.9. The van der Waals surface area contributed by atoms with Gasteiger partial charge in [0, 0.05) is 23.5 Å². The molecule has 3 rings (SSSR count). The minimum atomic E-state index is 0.271. The van der Waals surface area contributed by atoms with Gasteiger partial charge in [0.05, 0.1) is 6.04 Å². The highest BCUT2D eigenvalue weighted by Gasteiger charge is 2.32. The zero-order valence-electron chi connectivity index (χ0n) is 10.9. The standard InChI is InChI=1S/C15H18ClN3/c1-10(15-17-6-7-18-15)19-12-8-11(9-12)13-4-2-3-5-14(13)16/h2-7,10-12,19H,8-9H2,1H3,(H,17,18). The second kappa shape index (κ2) is 5.35. The molecular weight excluding hydrogens is 258 g/mol. The van der Waals surface area contributed by atoms with Crippen molar-refractivity contribution >= 4 is 11.6 Å². The summed E-state index contributed by atoms with van der Waals surface area (Å²) in [5, 5.41) is 4.49. The molecule has 0 spiro atoms. The SMILES string of the molecule is CC(NC1CC(c2ccccc2Cl)C1)c1ncc[nH]1. The van der Waals surface area contributed by atoms with Crippen LogP contribution in [-0.2, 0) is 0 Å². The molecule has 19 heavy (non-hydrogen) atoms. The number of imidazole rings is 1. The summed E-state index contributed by atoms with van der Waals surface area (Å²) in [6, 6.07) is 8.99. The maximum Gasteiger partial charge on any atom is 0.122 e. The molecule has 0 amide bonds. The number of halogens is 1. The van der Waals surface area contributed by atoms with E-state index >= 15 is 0 Å². The van der Waals surface area contributed by atoms with Crippen LogP contribution in [0, 0.1) is 0 Å². The van der Waals surface area contributed by atoms with Crippen molar-refractivity contribution in [2.24, 2.45) is 0 Å². The number of H-pyrrole nitrogens is 1. The van der Waals surface area contributed by atoms with E-state index < -0.39 is 0 Å². The predicted octanol–water partition coefficient (Wildman–Crippen LogP) is 3.66. The number of aromatic amines is 1. The Hall–Kier alpha value is -1.32. The Labute approximate surface area is 118 Å². The molecule has 3 nitrogen and oxygen atoms in total. The van der Waals surface area contributed by atoms with Crippen LogP contribution in [0.3, 0.4) is 0 Å². The second-order valence-corrected chi connectivity index (χ2v) is 5.66. The molecule has 0 bridgehead atoms. The highest BCUT2D eigenvalue weighted by molar-refractivity contribution is 6.31. The zero-order valence-corrected chi connectivity index (χ0v) is 11.7. The molecule has 1 atom stereocenters. The van der Waals surface area contributed by atoms with E-state index in [1.165, 1.54) is 5.56 Å². The lowest BCUT2D eigenvalue weighted by Gasteiger charge is -2.38. The number of hydrogen-bond acceptors (Lipinski definition) is 2. The van der Waals surface area contributed by atoms with Crippen LogP contribution in [0.25, 0.3) is 0 Å². The summed E-state index contributed by atoms with van der Waals surface area (Å²) >= 11 is 6.23. The van der Waals surface area contributed by atoms with Gasteiger partial charge in [-0.25, -0.2) is 4.98 Å². The van der Waals surface area contributed by atoms with E-state index in [4.69, 9.17) is 11.6 Å². The van der Waals surface area contributed by atoms with Crippen molar-refractivity contribution < 1.29 is 0 Å². The molecule has 1 unspecified atom stereocenters. The molecule has 0 aliphatic heterocycles. The smallest absolute Gasteiger partial charge is 0.122 e. The number of hydrogen-bond donors (Lipinski definition) is 2. The monoisotopic (exact) mass is 275 g/mol. The molecular formula is C15H18ClN3. The topological polar surface area (TPSA) is 40.7 Å². The molecule has 4 heteroatoms. The molecule has 0 saturated heterocycles. The van der Waals surface area contributed by atoms with E-state index in [1.54, 1.807) is 6.20 Å². The van der Waals surface area contributed by atoms with Gasteiger partial charge in [0.25, 0.3) is 0 Å². The van der Waals surface area contributed by atoms with Crippen molar-refractivity contribution in [1.82, 2.24) is 15.3 Å². The van der Waals surface area contributed by atoms with Crippen LogP contribution in [0.4, 0.5) is 0 Å². The highest BCUT2D eigenvalue weighted by Crippen LogP contribution is 2.40. The summed E-state index contributed by atoms with van der Waals surface area (Å²) in [7, 11) is 0. The fraction of sp³-hybridized carbons (Fsp3) is 0.400. The zero-order chi connectivity index (χ0) is 13.2. The Morgan fingerprint density at radius 2 is 2.16 bits per heavy atom. The summed E-state index contributed by atoms with van der Waals surface area (Å²) < 4.78 is 0. The molecule has 0 radical (unpaired) electrons. The lowest BCUT2D eigenvalue weighted by molar-refractivity contribution is 0.268. The van der Waals surface area contributed by atoms with Crippen LogP contribution in [0.1, 0.15) is 43.1 Å². The fourth-order valence-corrected chi connectivity index (χ4v) is 3.05. The Balaban J connectivity index is 1.55. The van der Waals surface area contributed by atoms with Crippen molar-refractivity contribution in [2.45, 2.75) is 37.8 Å². The Morgan fingerprint density at radius 1 is 1.37 bits per heavy atom. The summed E-state index contributed by atoms with van der Waals surface area (Å²) in [6.45, 7) is 2.14. The lowest BCUT2D eigenvalue weighted by atomic mass is 9.75. The van der Waals surface area contributed by atoms with Gasteiger partial charge in [0.15, 0.2) is 0 Å². The average Bonchev–Trinajstić information content (AvgIpc) is 2.88. The third kappa shape index (κ3) is 2.67. The van der Waals surface area contributed by atoms with Gasteiger partial charge in [-0.3, -0.25) is 0 Å². The number of nitrogens with zero attached hydrogens (tertiary/aromatic N) is 1. The molecule has 1 aromatic carbocycles. The van der Waals surface area contributed by atoms with Gasteiger partial charge in [-0.05, 0) is 37.3 Å². The quantitative estimate of drug-likeness (QED) is 0.894. The van der Waals surface area contributed by atoms with Crippen LogP contribution >= 0.6 is 11.6 Å². The molecule has 1 aliphatic carbocycles. The number of aromatic nitrogens is 2. The maximum atomic E-state index is 6.23. The number of nitrogens with one attached hydrogen (secondary N) is 2. The summed E-state index contributed by atoms with van der Waals surface area (Å²) in [6.07, 6.45) is 5.95. The first-order valence-corrected chi connectivity index (χ1v) is 7.11. The third-order valence-electron chi connectivity index (χ3n) is 3.90. The van der Waals surface area contributed by atoms with E-state index in [2.05, 4.69) is 34.3 Å². The molecule has 1 aromatic heterocycles. The first-order chi connectivity index (χ1) is 9.24. The molecule has 1 saturated carbocycles. The number of rotatable bonds is 4. The minimum Gasteiger partial charge on any atom is -0.347 e. The minimum absolute atomic E-state index is 0.271. The molecule has 100 valence electrons. The van der Waals surface area contributed by atoms with E-state index in [-0.39, 0.29) is 6.04 Å². The van der Waals surface area contributed by atoms with Gasteiger partial charge >= 0.3 is 0 Å². The summed E-state index contributed by atoms with van der Waals surface area (Å²) in [5.74, 6) is 1.59. The Morgan fingerprint density at radius 3 is 2.84 bits per heavy atom. The van der Waals surface area contributed by atoms with Crippen LogP contribution in [-0.4, -0.2) is 16.0 Å². The first-order valence-electron chi connectivity index (χ1n) is 6.74. The van der Waals surface area contributed by atoms with Crippen molar-refractivity contribution in [3.63, 3.8) is 0 Å². The lowest BCUT2D eigenvalue weighted by Crippen LogP contribution is -2.41. The van der Waals surface area contributed by atoms with Crippen LogP contribution < -0.4 is 5.32 Å². The molecule has 2 N–H and O–H groups in total. The van der Waals surface area contributed by atoms with Crippen LogP contribution in [0.2, 0.25) is 5.02 Å². The fourth-order valence-electron chi connectivity index (χ4n) is 2.76. The first kappa shape index (κ1) is 12.7. The largest absolute Gasteiger partial charge is 0.347 e. The van der Waals surface area contributed by atoms with E-state index in [1.807, 2.05) is 18.3 Å². The molecule has 1 heterocycles. The van der Waals surface area contributed by atoms with Crippen molar-refractivity contribution in [1.29, 1.82) is 0 Å². The Bertz CT molecular complexity index is 532. The summed E-state index contributed by atoms with van der Waals surface area (Å²) in [4.78, 5) is 7.43. The number of benzene rings is 1. The maximum absolute atomic E-state index is 6.23. The predicted molar refractivity (Wildman–Crippen MR) is 77.4 cm³/mol.